The molecule has 0 aliphatic heterocycles. The highest BCUT2D eigenvalue weighted by molar-refractivity contribution is 8.00. The number of rotatable bonds is 6. The first-order valence-electron chi connectivity index (χ1n) is 7.86. The Morgan fingerprint density at radius 2 is 2.05 bits per heavy atom. The first-order chi connectivity index (χ1) is 10.2. The molecule has 1 fully saturated rings. The summed E-state index contributed by atoms with van der Waals surface area (Å²) in [6, 6.07) is 7.58. The van der Waals surface area contributed by atoms with Gasteiger partial charge in [-0.2, -0.15) is 0 Å². The molecule has 0 spiro atoms. The van der Waals surface area contributed by atoms with Crippen molar-refractivity contribution in [3.05, 3.63) is 34.4 Å². The number of nitro benzene ring substituents is 1. The minimum Gasteiger partial charge on any atom is -0.313 e. The van der Waals surface area contributed by atoms with Gasteiger partial charge in [-0.15, -0.1) is 11.8 Å². The van der Waals surface area contributed by atoms with Crippen LogP contribution in [0.5, 0.6) is 0 Å². The molecule has 0 saturated heterocycles. The molecule has 0 bridgehead atoms. The van der Waals surface area contributed by atoms with Gasteiger partial charge in [-0.05, 0) is 31.9 Å². The summed E-state index contributed by atoms with van der Waals surface area (Å²) in [5, 5.41) is 15.2. The molecule has 0 heterocycles. The van der Waals surface area contributed by atoms with Crippen LogP contribution in [0.3, 0.4) is 0 Å². The zero-order valence-electron chi connectivity index (χ0n) is 12.6. The lowest BCUT2D eigenvalue weighted by molar-refractivity contribution is -0.387. The Labute approximate surface area is 130 Å². The van der Waals surface area contributed by atoms with E-state index in [1.54, 1.807) is 23.9 Å². The topological polar surface area (TPSA) is 55.2 Å². The fraction of sp³-hybridized carbons (Fsp3) is 0.625. The summed E-state index contributed by atoms with van der Waals surface area (Å²) in [4.78, 5) is 11.7. The van der Waals surface area contributed by atoms with Crippen LogP contribution in [-0.2, 0) is 0 Å². The molecule has 0 aromatic heterocycles. The molecule has 1 aromatic carbocycles. The number of nitrogens with zero attached hydrogens (tertiary/aromatic N) is 1. The van der Waals surface area contributed by atoms with Gasteiger partial charge in [-0.1, -0.05) is 38.3 Å². The molecule has 21 heavy (non-hydrogen) atoms. The van der Waals surface area contributed by atoms with E-state index in [1.165, 1.54) is 25.7 Å². The number of nitro groups is 1. The minimum absolute atomic E-state index is 0.237. The van der Waals surface area contributed by atoms with Crippen molar-refractivity contribution < 1.29 is 4.92 Å². The first-order valence-corrected chi connectivity index (χ1v) is 8.73. The molecule has 2 atom stereocenters. The van der Waals surface area contributed by atoms with Crippen LogP contribution in [0.25, 0.3) is 0 Å². The zero-order chi connectivity index (χ0) is 15.1. The third kappa shape index (κ3) is 4.71. The van der Waals surface area contributed by atoms with E-state index < -0.39 is 0 Å². The molecule has 1 N–H and O–H groups in total. The van der Waals surface area contributed by atoms with Gasteiger partial charge in [0, 0.05) is 17.4 Å². The Hall–Kier alpha value is -1.07. The van der Waals surface area contributed by atoms with Crippen LogP contribution in [0.4, 0.5) is 5.69 Å². The summed E-state index contributed by atoms with van der Waals surface area (Å²) in [5.74, 6) is 0. The van der Waals surface area contributed by atoms with E-state index in [9.17, 15) is 10.1 Å². The van der Waals surface area contributed by atoms with E-state index in [1.807, 2.05) is 12.1 Å². The van der Waals surface area contributed by atoms with Gasteiger partial charge >= 0.3 is 0 Å². The molecule has 1 aromatic rings. The lowest BCUT2D eigenvalue weighted by Crippen LogP contribution is -2.37. The number of para-hydroxylation sites is 1. The normalized spacial score (nSPS) is 22.7. The van der Waals surface area contributed by atoms with Crippen molar-refractivity contribution in [3.63, 3.8) is 0 Å². The number of nitrogens with one attached hydrogen (secondary N) is 1. The second-order valence-electron chi connectivity index (χ2n) is 5.58. The van der Waals surface area contributed by atoms with Crippen molar-refractivity contribution >= 4 is 17.4 Å². The summed E-state index contributed by atoms with van der Waals surface area (Å²) in [6.07, 6.45) is 7.20. The highest BCUT2D eigenvalue weighted by Gasteiger charge is 2.26. The average Bonchev–Trinajstić information content (AvgIpc) is 2.71. The Balaban J connectivity index is 2.12. The number of hydrogen-bond acceptors (Lipinski definition) is 4. The lowest BCUT2D eigenvalue weighted by Gasteiger charge is -2.25. The predicted octanol–water partition coefficient (Wildman–Crippen LogP) is 4.39. The summed E-state index contributed by atoms with van der Waals surface area (Å²) < 4.78 is 0. The maximum Gasteiger partial charge on any atom is 0.282 e. The van der Waals surface area contributed by atoms with E-state index in [-0.39, 0.29) is 10.6 Å². The van der Waals surface area contributed by atoms with Crippen LogP contribution >= 0.6 is 11.8 Å². The van der Waals surface area contributed by atoms with E-state index in [0.717, 1.165) is 24.3 Å². The lowest BCUT2D eigenvalue weighted by atomic mass is 10.1. The van der Waals surface area contributed by atoms with Gasteiger partial charge in [0.2, 0.25) is 0 Å². The third-order valence-electron chi connectivity index (χ3n) is 3.95. The highest BCUT2D eigenvalue weighted by Crippen LogP contribution is 2.37. The van der Waals surface area contributed by atoms with Crippen molar-refractivity contribution in [2.45, 2.75) is 61.6 Å². The second-order valence-corrected chi connectivity index (χ2v) is 6.86. The zero-order valence-corrected chi connectivity index (χ0v) is 13.4. The van der Waals surface area contributed by atoms with Crippen LogP contribution in [0.2, 0.25) is 0 Å². The molecule has 1 aliphatic rings. The average molecular weight is 308 g/mol. The molecule has 0 amide bonds. The van der Waals surface area contributed by atoms with Crippen LogP contribution in [0, 0.1) is 10.1 Å². The van der Waals surface area contributed by atoms with Gasteiger partial charge < -0.3 is 5.32 Å². The molecular formula is C16H24N2O2S. The molecule has 2 unspecified atom stereocenters. The maximum absolute atomic E-state index is 11.2. The van der Waals surface area contributed by atoms with E-state index >= 15 is 0 Å². The van der Waals surface area contributed by atoms with Crippen LogP contribution in [-0.4, -0.2) is 22.8 Å². The van der Waals surface area contributed by atoms with Crippen LogP contribution < -0.4 is 5.32 Å². The van der Waals surface area contributed by atoms with Crippen molar-refractivity contribution in [2.75, 3.05) is 6.54 Å². The molecular weight excluding hydrogens is 284 g/mol. The van der Waals surface area contributed by atoms with Gasteiger partial charge in [0.05, 0.1) is 9.82 Å². The Morgan fingerprint density at radius 1 is 1.29 bits per heavy atom. The van der Waals surface area contributed by atoms with Gasteiger partial charge in [0.25, 0.3) is 5.69 Å². The smallest absolute Gasteiger partial charge is 0.282 e. The minimum atomic E-state index is -0.270. The molecule has 0 radical (unpaired) electrons. The number of thioether (sulfide) groups is 1. The van der Waals surface area contributed by atoms with Crippen molar-refractivity contribution in [1.29, 1.82) is 0 Å². The summed E-state index contributed by atoms with van der Waals surface area (Å²) in [6.45, 7) is 3.20. The van der Waals surface area contributed by atoms with Gasteiger partial charge in [0.15, 0.2) is 0 Å². The van der Waals surface area contributed by atoms with E-state index in [4.69, 9.17) is 0 Å². The van der Waals surface area contributed by atoms with E-state index in [0.29, 0.717) is 11.3 Å². The fourth-order valence-corrected chi connectivity index (χ4v) is 4.28. The highest BCUT2D eigenvalue weighted by atomic mass is 32.2. The maximum atomic E-state index is 11.2. The standard InChI is InChI=1S/C16H24N2O2S/c1-2-12-17-13-8-4-3-5-10-15(13)21-16-11-7-6-9-14(16)18(19)20/h6-7,9,11,13,15,17H,2-5,8,10,12H2,1H3. The quantitative estimate of drug-likeness (QED) is 0.481. The van der Waals surface area contributed by atoms with Crippen molar-refractivity contribution in [3.8, 4) is 0 Å². The Kier molecular flexibility index (Phi) is 6.51. The molecule has 1 saturated carbocycles. The second kappa shape index (κ2) is 8.39. The van der Waals surface area contributed by atoms with Gasteiger partial charge in [-0.25, -0.2) is 0 Å². The molecule has 4 nitrogen and oxygen atoms in total. The molecule has 1 aliphatic carbocycles. The molecule has 5 heteroatoms. The molecule has 2 rings (SSSR count). The summed E-state index contributed by atoms with van der Waals surface area (Å²) in [5.41, 5.74) is 0.237. The van der Waals surface area contributed by atoms with Crippen LogP contribution in [0.15, 0.2) is 29.2 Å². The first kappa shape index (κ1) is 16.3. The third-order valence-corrected chi connectivity index (χ3v) is 5.42. The Bertz CT molecular complexity index is 467. The van der Waals surface area contributed by atoms with Crippen molar-refractivity contribution in [2.24, 2.45) is 0 Å². The monoisotopic (exact) mass is 308 g/mol. The fourth-order valence-electron chi connectivity index (χ4n) is 2.85. The predicted molar refractivity (Wildman–Crippen MR) is 87.9 cm³/mol. The molecule has 116 valence electrons. The van der Waals surface area contributed by atoms with Crippen LogP contribution in [0.1, 0.15) is 45.4 Å². The van der Waals surface area contributed by atoms with Crippen molar-refractivity contribution in [1.82, 2.24) is 5.32 Å². The number of hydrogen-bond donors (Lipinski definition) is 1. The number of benzene rings is 1. The van der Waals surface area contributed by atoms with E-state index in [2.05, 4.69) is 12.2 Å². The largest absolute Gasteiger partial charge is 0.313 e. The SMILES string of the molecule is CCCNC1CCCCCC1Sc1ccccc1[N+](=O)[O-]. The summed E-state index contributed by atoms with van der Waals surface area (Å²) in [7, 11) is 0. The summed E-state index contributed by atoms with van der Waals surface area (Å²) >= 11 is 1.69. The van der Waals surface area contributed by atoms with Gasteiger partial charge in [-0.3, -0.25) is 10.1 Å². The van der Waals surface area contributed by atoms with Gasteiger partial charge in [0.1, 0.15) is 0 Å². The Morgan fingerprint density at radius 3 is 2.81 bits per heavy atom.